The van der Waals surface area contributed by atoms with E-state index in [1.54, 1.807) is 23.1 Å². The number of carbonyl (C=O) groups is 1. The van der Waals surface area contributed by atoms with Gasteiger partial charge in [0.15, 0.2) is 0 Å². The largest absolute Gasteiger partial charge is 0.507 e. The first kappa shape index (κ1) is 13.5. The van der Waals surface area contributed by atoms with Gasteiger partial charge in [-0.2, -0.15) is 0 Å². The van der Waals surface area contributed by atoms with Gasteiger partial charge >= 0.3 is 0 Å². The Balaban J connectivity index is 1.91. The van der Waals surface area contributed by atoms with Crippen LogP contribution in [-0.4, -0.2) is 22.5 Å². The lowest BCUT2D eigenvalue weighted by molar-refractivity contribution is 0.0732. The van der Waals surface area contributed by atoms with Crippen molar-refractivity contribution in [1.82, 2.24) is 4.90 Å². The van der Waals surface area contributed by atoms with Gasteiger partial charge in [-0.1, -0.05) is 23.8 Å². The summed E-state index contributed by atoms with van der Waals surface area (Å²) in [5.74, 6) is -0.123. The summed E-state index contributed by atoms with van der Waals surface area (Å²) in [4.78, 5) is 14.4. The lowest BCUT2D eigenvalue weighted by Crippen LogP contribution is -2.36. The van der Waals surface area contributed by atoms with E-state index in [-0.39, 0.29) is 11.7 Å². The predicted octanol–water partition coefficient (Wildman–Crippen LogP) is 2.48. The smallest absolute Gasteiger partial charge is 0.257 e. The summed E-state index contributed by atoms with van der Waals surface area (Å²) in [7, 11) is 0. The Kier molecular flexibility index (Phi) is 3.29. The first-order valence-corrected chi connectivity index (χ1v) is 7.01. The first-order chi connectivity index (χ1) is 10.1. The van der Waals surface area contributed by atoms with Crippen LogP contribution in [0.5, 0.6) is 5.75 Å². The van der Waals surface area contributed by atoms with Gasteiger partial charge in [-0.05, 0) is 42.7 Å². The van der Waals surface area contributed by atoms with E-state index >= 15 is 0 Å². The highest BCUT2D eigenvalue weighted by molar-refractivity contribution is 5.97. The van der Waals surface area contributed by atoms with Crippen LogP contribution in [0, 0.1) is 6.92 Å². The number of rotatable bonds is 1. The van der Waals surface area contributed by atoms with Crippen molar-refractivity contribution >= 4 is 11.6 Å². The van der Waals surface area contributed by atoms with Gasteiger partial charge in [0, 0.05) is 18.8 Å². The number of benzene rings is 2. The molecule has 2 aromatic carbocycles. The molecule has 0 aromatic heterocycles. The number of carbonyl (C=O) groups excluding carboxylic acids is 1. The number of fused-ring (bicyclic) bond motifs is 1. The fourth-order valence-electron chi connectivity index (χ4n) is 2.77. The van der Waals surface area contributed by atoms with Crippen molar-refractivity contribution in [3.05, 3.63) is 58.7 Å². The van der Waals surface area contributed by atoms with Crippen LogP contribution in [0.15, 0.2) is 36.4 Å². The van der Waals surface area contributed by atoms with Crippen molar-refractivity contribution in [3.63, 3.8) is 0 Å². The molecule has 0 saturated carbocycles. The molecule has 0 atom stereocenters. The number of aromatic hydroxyl groups is 1. The number of nitrogen functional groups attached to an aromatic ring is 1. The van der Waals surface area contributed by atoms with Crippen LogP contribution >= 0.6 is 0 Å². The molecule has 4 heteroatoms. The summed E-state index contributed by atoms with van der Waals surface area (Å²) in [6, 6.07) is 10.9. The summed E-state index contributed by atoms with van der Waals surface area (Å²) in [5.41, 5.74) is 10.3. The lowest BCUT2D eigenvalue weighted by Gasteiger charge is -2.30. The minimum Gasteiger partial charge on any atom is -0.507 e. The maximum absolute atomic E-state index is 12.6. The molecule has 1 aliphatic rings. The van der Waals surface area contributed by atoms with E-state index < -0.39 is 0 Å². The number of hydrogen-bond donors (Lipinski definition) is 2. The monoisotopic (exact) mass is 282 g/mol. The van der Waals surface area contributed by atoms with Gasteiger partial charge < -0.3 is 15.7 Å². The number of phenols is 1. The second kappa shape index (κ2) is 5.13. The van der Waals surface area contributed by atoms with Gasteiger partial charge in [0.2, 0.25) is 0 Å². The topological polar surface area (TPSA) is 66.6 Å². The van der Waals surface area contributed by atoms with E-state index in [0.29, 0.717) is 18.7 Å². The third-order valence-corrected chi connectivity index (χ3v) is 3.98. The zero-order chi connectivity index (χ0) is 15.0. The third kappa shape index (κ3) is 2.44. The Morgan fingerprint density at radius 3 is 2.90 bits per heavy atom. The molecule has 1 heterocycles. The lowest BCUT2D eigenvalue weighted by atomic mass is 9.97. The standard InChI is InChI=1S/C17H18N2O2/c1-11-5-6-16(20)13(9-11)17(21)19-8-7-12-3-2-4-15(18)14(12)10-19/h2-6,9,20H,7-8,10,18H2,1H3. The maximum Gasteiger partial charge on any atom is 0.257 e. The van der Waals surface area contributed by atoms with E-state index in [1.165, 1.54) is 5.56 Å². The second-order valence-electron chi connectivity index (χ2n) is 5.48. The fourth-order valence-corrected chi connectivity index (χ4v) is 2.77. The van der Waals surface area contributed by atoms with Crippen LogP contribution in [-0.2, 0) is 13.0 Å². The van der Waals surface area contributed by atoms with Crippen LogP contribution in [0.3, 0.4) is 0 Å². The molecule has 1 aliphatic heterocycles. The van der Waals surface area contributed by atoms with E-state index in [4.69, 9.17) is 5.73 Å². The molecule has 4 nitrogen and oxygen atoms in total. The Morgan fingerprint density at radius 2 is 2.10 bits per heavy atom. The van der Waals surface area contributed by atoms with Gasteiger partial charge in [0.1, 0.15) is 5.75 Å². The average molecular weight is 282 g/mol. The Hall–Kier alpha value is -2.49. The van der Waals surface area contributed by atoms with Crippen LogP contribution in [0.25, 0.3) is 0 Å². The van der Waals surface area contributed by atoms with E-state index in [1.807, 2.05) is 19.1 Å². The van der Waals surface area contributed by atoms with Crippen LogP contribution in [0.2, 0.25) is 0 Å². The zero-order valence-corrected chi connectivity index (χ0v) is 12.0. The molecule has 0 fully saturated rings. The van der Waals surface area contributed by atoms with Gasteiger partial charge in [-0.25, -0.2) is 0 Å². The Morgan fingerprint density at radius 1 is 1.29 bits per heavy atom. The second-order valence-corrected chi connectivity index (χ2v) is 5.48. The number of aryl methyl sites for hydroxylation is 1. The van der Waals surface area contributed by atoms with Crippen molar-refractivity contribution < 1.29 is 9.90 Å². The average Bonchev–Trinajstić information content (AvgIpc) is 2.49. The highest BCUT2D eigenvalue weighted by Crippen LogP contribution is 2.27. The summed E-state index contributed by atoms with van der Waals surface area (Å²) in [6.45, 7) is 3.04. The normalized spacial score (nSPS) is 13.9. The molecule has 1 amide bonds. The number of nitrogens with zero attached hydrogens (tertiary/aromatic N) is 1. The third-order valence-electron chi connectivity index (χ3n) is 3.98. The molecular weight excluding hydrogens is 264 g/mol. The Labute approximate surface area is 123 Å². The SMILES string of the molecule is Cc1ccc(O)c(C(=O)N2CCc3cccc(N)c3C2)c1. The van der Waals surface area contributed by atoms with Crippen molar-refractivity contribution in [2.24, 2.45) is 0 Å². The fraction of sp³-hybridized carbons (Fsp3) is 0.235. The molecule has 0 saturated heterocycles. The summed E-state index contributed by atoms with van der Waals surface area (Å²) < 4.78 is 0. The van der Waals surface area contributed by atoms with E-state index in [9.17, 15) is 9.90 Å². The van der Waals surface area contributed by atoms with Crippen LogP contribution in [0.1, 0.15) is 27.0 Å². The van der Waals surface area contributed by atoms with E-state index in [0.717, 1.165) is 23.2 Å². The molecule has 0 radical (unpaired) electrons. The molecule has 21 heavy (non-hydrogen) atoms. The van der Waals surface area contributed by atoms with Crippen LogP contribution < -0.4 is 5.73 Å². The van der Waals surface area contributed by atoms with Crippen molar-refractivity contribution in [3.8, 4) is 5.75 Å². The van der Waals surface area contributed by atoms with Crippen molar-refractivity contribution in [2.45, 2.75) is 19.9 Å². The van der Waals surface area contributed by atoms with Gasteiger partial charge in [0.05, 0.1) is 5.56 Å². The number of anilines is 1. The molecule has 2 aromatic rings. The van der Waals surface area contributed by atoms with Gasteiger partial charge in [-0.15, -0.1) is 0 Å². The quantitative estimate of drug-likeness (QED) is 0.790. The van der Waals surface area contributed by atoms with Crippen molar-refractivity contribution in [2.75, 3.05) is 12.3 Å². The number of phenolic OH excluding ortho intramolecular Hbond substituents is 1. The summed E-state index contributed by atoms with van der Waals surface area (Å²) in [5, 5.41) is 9.91. The van der Waals surface area contributed by atoms with Crippen LogP contribution in [0.4, 0.5) is 5.69 Å². The number of nitrogens with two attached hydrogens (primary N) is 1. The minimum absolute atomic E-state index is 0.0254. The molecule has 3 N–H and O–H groups in total. The molecular formula is C17H18N2O2. The molecule has 0 spiro atoms. The molecule has 0 bridgehead atoms. The van der Waals surface area contributed by atoms with Gasteiger partial charge in [-0.3, -0.25) is 4.79 Å². The predicted molar refractivity (Wildman–Crippen MR) is 82.1 cm³/mol. The summed E-state index contributed by atoms with van der Waals surface area (Å²) >= 11 is 0. The first-order valence-electron chi connectivity index (χ1n) is 7.01. The highest BCUT2D eigenvalue weighted by Gasteiger charge is 2.24. The van der Waals surface area contributed by atoms with E-state index in [2.05, 4.69) is 6.07 Å². The number of amides is 1. The van der Waals surface area contributed by atoms with Crippen molar-refractivity contribution in [1.29, 1.82) is 0 Å². The molecule has 0 aliphatic carbocycles. The molecule has 3 rings (SSSR count). The zero-order valence-electron chi connectivity index (χ0n) is 12.0. The molecule has 0 unspecified atom stereocenters. The summed E-state index contributed by atoms with van der Waals surface area (Å²) in [6.07, 6.45) is 0.790. The Bertz CT molecular complexity index is 710. The highest BCUT2D eigenvalue weighted by atomic mass is 16.3. The maximum atomic E-state index is 12.6. The minimum atomic E-state index is -0.148. The van der Waals surface area contributed by atoms with Gasteiger partial charge in [0.25, 0.3) is 5.91 Å². The molecule has 108 valence electrons. The number of hydrogen-bond acceptors (Lipinski definition) is 3.